The molecular formula is C27H33N3O2. The number of hydrogen-bond donors (Lipinski definition) is 0. The zero-order chi connectivity index (χ0) is 22.0. The molecule has 0 N–H and O–H groups in total. The van der Waals surface area contributed by atoms with E-state index in [1.807, 2.05) is 18.2 Å². The van der Waals surface area contributed by atoms with E-state index in [0.717, 1.165) is 57.4 Å². The van der Waals surface area contributed by atoms with Gasteiger partial charge in [-0.3, -0.25) is 14.8 Å². The molecule has 0 bridgehead atoms. The van der Waals surface area contributed by atoms with E-state index < -0.39 is 0 Å². The third kappa shape index (κ3) is 6.89. The van der Waals surface area contributed by atoms with Crippen LogP contribution in [0.5, 0.6) is 5.75 Å². The van der Waals surface area contributed by atoms with E-state index in [-0.39, 0.29) is 0 Å². The van der Waals surface area contributed by atoms with Crippen molar-refractivity contribution in [2.24, 2.45) is 0 Å². The van der Waals surface area contributed by atoms with E-state index >= 15 is 0 Å². The quantitative estimate of drug-likeness (QED) is 0.476. The Hall–Kier alpha value is -2.73. The highest BCUT2D eigenvalue weighted by Crippen LogP contribution is 2.18. The zero-order valence-corrected chi connectivity index (χ0v) is 18.9. The Balaban J connectivity index is 1.38. The summed E-state index contributed by atoms with van der Waals surface area (Å²) < 4.78 is 11.4. The molecule has 1 fully saturated rings. The standard InChI is InChI=1S/C27H33N3O2/c1-23(19-29-15-17-31-18-16-29)30(20-24-7-3-2-4-8-24)21-25-10-12-27(13-11-25)32-22-26-9-5-6-14-28-26/h2-14,23H,15-22H2,1H3. The first-order valence-corrected chi connectivity index (χ1v) is 11.5. The van der Waals surface area contributed by atoms with Crippen molar-refractivity contribution in [3.05, 3.63) is 95.8 Å². The van der Waals surface area contributed by atoms with Crippen molar-refractivity contribution < 1.29 is 9.47 Å². The van der Waals surface area contributed by atoms with Crippen molar-refractivity contribution in [1.29, 1.82) is 0 Å². The Morgan fingerprint density at radius 1 is 0.906 bits per heavy atom. The van der Waals surface area contributed by atoms with E-state index in [4.69, 9.17) is 9.47 Å². The van der Waals surface area contributed by atoms with Gasteiger partial charge in [0.15, 0.2) is 0 Å². The summed E-state index contributed by atoms with van der Waals surface area (Å²) in [5.41, 5.74) is 3.57. The third-order valence-electron chi connectivity index (χ3n) is 5.90. The van der Waals surface area contributed by atoms with Gasteiger partial charge in [-0.25, -0.2) is 0 Å². The average molecular weight is 432 g/mol. The topological polar surface area (TPSA) is 37.8 Å². The highest BCUT2D eigenvalue weighted by atomic mass is 16.5. The van der Waals surface area contributed by atoms with Gasteiger partial charge in [-0.1, -0.05) is 48.5 Å². The molecule has 32 heavy (non-hydrogen) atoms. The minimum absolute atomic E-state index is 0.438. The van der Waals surface area contributed by atoms with Crippen LogP contribution in [0.1, 0.15) is 23.7 Å². The maximum atomic E-state index is 5.90. The number of ether oxygens (including phenoxy) is 2. The Morgan fingerprint density at radius 3 is 2.28 bits per heavy atom. The van der Waals surface area contributed by atoms with Gasteiger partial charge in [0.2, 0.25) is 0 Å². The molecule has 2 aromatic carbocycles. The van der Waals surface area contributed by atoms with Crippen molar-refractivity contribution in [3.8, 4) is 5.75 Å². The van der Waals surface area contributed by atoms with Crippen LogP contribution in [0, 0.1) is 0 Å². The minimum atomic E-state index is 0.438. The van der Waals surface area contributed by atoms with Crippen LogP contribution < -0.4 is 4.74 Å². The zero-order valence-electron chi connectivity index (χ0n) is 18.9. The summed E-state index contributed by atoms with van der Waals surface area (Å²) in [6.45, 7) is 9.43. The molecule has 0 radical (unpaired) electrons. The maximum Gasteiger partial charge on any atom is 0.130 e. The molecule has 1 aromatic heterocycles. The molecule has 0 amide bonds. The molecule has 5 nitrogen and oxygen atoms in total. The number of pyridine rings is 1. The summed E-state index contributed by atoms with van der Waals surface area (Å²) in [6.07, 6.45) is 1.79. The monoisotopic (exact) mass is 431 g/mol. The summed E-state index contributed by atoms with van der Waals surface area (Å²) in [6, 6.07) is 25.5. The van der Waals surface area contributed by atoms with Gasteiger partial charge >= 0.3 is 0 Å². The summed E-state index contributed by atoms with van der Waals surface area (Å²) in [5.74, 6) is 0.871. The Labute approximate surface area is 191 Å². The van der Waals surface area contributed by atoms with Crippen LogP contribution in [-0.2, 0) is 24.4 Å². The van der Waals surface area contributed by atoms with Crippen LogP contribution in [-0.4, -0.2) is 53.7 Å². The van der Waals surface area contributed by atoms with Crippen LogP contribution in [0.15, 0.2) is 79.0 Å². The first kappa shape index (κ1) is 22.5. The normalized spacial score (nSPS) is 15.6. The predicted octanol–water partition coefficient (Wildman–Crippen LogP) is 4.38. The number of nitrogens with zero attached hydrogens (tertiary/aromatic N) is 3. The van der Waals surface area contributed by atoms with Gasteiger partial charge in [-0.05, 0) is 42.3 Å². The lowest BCUT2D eigenvalue weighted by Crippen LogP contribution is -2.45. The summed E-state index contributed by atoms with van der Waals surface area (Å²) in [7, 11) is 0. The Bertz CT molecular complexity index is 913. The molecular weight excluding hydrogens is 398 g/mol. The van der Waals surface area contributed by atoms with Crippen molar-refractivity contribution >= 4 is 0 Å². The number of aromatic nitrogens is 1. The lowest BCUT2D eigenvalue weighted by atomic mass is 10.1. The molecule has 1 aliphatic rings. The van der Waals surface area contributed by atoms with Crippen LogP contribution in [0.3, 0.4) is 0 Å². The minimum Gasteiger partial charge on any atom is -0.487 e. The lowest BCUT2D eigenvalue weighted by Gasteiger charge is -2.35. The van der Waals surface area contributed by atoms with E-state index in [9.17, 15) is 0 Å². The van der Waals surface area contributed by atoms with Gasteiger partial charge in [0.1, 0.15) is 12.4 Å². The second-order valence-corrected chi connectivity index (χ2v) is 8.41. The van der Waals surface area contributed by atoms with Gasteiger partial charge in [0.25, 0.3) is 0 Å². The molecule has 2 heterocycles. The molecule has 0 saturated carbocycles. The van der Waals surface area contributed by atoms with Gasteiger partial charge in [0, 0.05) is 45.0 Å². The van der Waals surface area contributed by atoms with E-state index in [1.54, 1.807) is 6.20 Å². The van der Waals surface area contributed by atoms with Gasteiger partial charge < -0.3 is 9.47 Å². The Kier molecular flexibility index (Phi) is 8.26. The maximum absolute atomic E-state index is 5.90. The van der Waals surface area contributed by atoms with Crippen molar-refractivity contribution in [3.63, 3.8) is 0 Å². The first-order valence-electron chi connectivity index (χ1n) is 11.5. The van der Waals surface area contributed by atoms with Crippen LogP contribution in [0.25, 0.3) is 0 Å². The van der Waals surface area contributed by atoms with Crippen LogP contribution in [0.4, 0.5) is 0 Å². The highest BCUT2D eigenvalue weighted by molar-refractivity contribution is 5.27. The molecule has 1 aliphatic heterocycles. The van der Waals surface area contributed by atoms with Crippen molar-refractivity contribution in [2.45, 2.75) is 32.7 Å². The smallest absolute Gasteiger partial charge is 0.130 e. The fraction of sp³-hybridized carbons (Fsp3) is 0.370. The van der Waals surface area contributed by atoms with E-state index in [0.29, 0.717) is 12.6 Å². The third-order valence-corrected chi connectivity index (χ3v) is 5.90. The van der Waals surface area contributed by atoms with Gasteiger partial charge in [0.05, 0.1) is 18.9 Å². The van der Waals surface area contributed by atoms with Gasteiger partial charge in [-0.15, -0.1) is 0 Å². The summed E-state index contributed by atoms with van der Waals surface area (Å²) >= 11 is 0. The van der Waals surface area contributed by atoms with Crippen LogP contribution >= 0.6 is 0 Å². The lowest BCUT2D eigenvalue weighted by molar-refractivity contribution is 0.0226. The second-order valence-electron chi connectivity index (χ2n) is 8.41. The molecule has 5 heteroatoms. The van der Waals surface area contributed by atoms with Crippen molar-refractivity contribution in [2.75, 3.05) is 32.8 Å². The fourth-order valence-electron chi connectivity index (χ4n) is 4.02. The SMILES string of the molecule is CC(CN1CCOCC1)N(Cc1ccccc1)Cc1ccc(OCc2ccccn2)cc1. The van der Waals surface area contributed by atoms with E-state index in [1.165, 1.54) is 11.1 Å². The number of morpholine rings is 1. The fourth-order valence-corrected chi connectivity index (χ4v) is 4.02. The summed E-state index contributed by atoms with van der Waals surface area (Å²) in [5, 5.41) is 0. The highest BCUT2D eigenvalue weighted by Gasteiger charge is 2.20. The first-order chi connectivity index (χ1) is 15.8. The molecule has 3 aromatic rings. The average Bonchev–Trinajstić information content (AvgIpc) is 2.85. The molecule has 0 spiro atoms. The second kappa shape index (κ2) is 11.8. The molecule has 1 atom stereocenters. The molecule has 168 valence electrons. The van der Waals surface area contributed by atoms with Crippen LogP contribution in [0.2, 0.25) is 0 Å². The molecule has 1 unspecified atom stereocenters. The van der Waals surface area contributed by atoms with Gasteiger partial charge in [-0.2, -0.15) is 0 Å². The summed E-state index contributed by atoms with van der Waals surface area (Å²) in [4.78, 5) is 9.39. The molecule has 4 rings (SSSR count). The predicted molar refractivity (Wildman–Crippen MR) is 127 cm³/mol. The van der Waals surface area contributed by atoms with Crippen molar-refractivity contribution in [1.82, 2.24) is 14.8 Å². The largest absolute Gasteiger partial charge is 0.487 e. The Morgan fingerprint density at radius 2 is 1.59 bits per heavy atom. The molecule has 0 aliphatic carbocycles. The number of benzene rings is 2. The number of hydrogen-bond acceptors (Lipinski definition) is 5. The van der Waals surface area contributed by atoms with E-state index in [2.05, 4.69) is 76.3 Å². The number of rotatable bonds is 10. The molecule has 1 saturated heterocycles.